The van der Waals surface area contributed by atoms with E-state index in [-0.39, 0.29) is 12.3 Å². The van der Waals surface area contributed by atoms with E-state index in [2.05, 4.69) is 37.2 Å². The largest absolute Gasteiger partial charge is 0.483 e. The quantitative estimate of drug-likeness (QED) is 0.729. The van der Waals surface area contributed by atoms with Crippen LogP contribution in [0, 0.1) is 5.82 Å². The summed E-state index contributed by atoms with van der Waals surface area (Å²) in [5.74, 6) is -0.525. The van der Waals surface area contributed by atoms with Crippen LogP contribution in [0.5, 0.6) is 5.75 Å². The Morgan fingerprint density at radius 2 is 2.00 bits per heavy atom. The Labute approximate surface area is 142 Å². The van der Waals surface area contributed by atoms with E-state index in [9.17, 15) is 9.18 Å². The van der Waals surface area contributed by atoms with Crippen LogP contribution in [0.4, 0.5) is 10.1 Å². The highest BCUT2D eigenvalue weighted by Crippen LogP contribution is 2.28. The Morgan fingerprint density at radius 3 is 2.71 bits per heavy atom. The van der Waals surface area contributed by atoms with E-state index in [4.69, 9.17) is 16.3 Å². The fourth-order valence-corrected chi connectivity index (χ4v) is 2.85. The average molecular weight is 437 g/mol. The fraction of sp³-hybridized carbons (Fsp3) is 0.0714. The molecule has 110 valence electrons. The lowest BCUT2D eigenvalue weighted by Gasteiger charge is -2.10. The molecule has 7 heteroatoms. The molecule has 0 aromatic heterocycles. The van der Waals surface area contributed by atoms with Crippen LogP contribution in [0.3, 0.4) is 0 Å². The summed E-state index contributed by atoms with van der Waals surface area (Å²) < 4.78 is 20.4. The van der Waals surface area contributed by atoms with Crippen molar-refractivity contribution in [1.29, 1.82) is 0 Å². The number of benzene rings is 2. The van der Waals surface area contributed by atoms with Gasteiger partial charge in [-0.2, -0.15) is 0 Å². The lowest BCUT2D eigenvalue weighted by atomic mass is 10.3. The van der Waals surface area contributed by atoms with Gasteiger partial charge in [0, 0.05) is 9.50 Å². The van der Waals surface area contributed by atoms with Gasteiger partial charge in [0.25, 0.3) is 5.91 Å². The molecule has 0 unspecified atom stereocenters. The van der Waals surface area contributed by atoms with Gasteiger partial charge in [0.2, 0.25) is 0 Å². The molecule has 0 heterocycles. The van der Waals surface area contributed by atoms with Crippen molar-refractivity contribution < 1.29 is 13.9 Å². The highest BCUT2D eigenvalue weighted by molar-refractivity contribution is 9.11. The normalized spacial score (nSPS) is 10.3. The SMILES string of the molecule is O=C(COc1ccc(Br)cc1Br)Nc1cc(Cl)ccc1F. The second-order valence-electron chi connectivity index (χ2n) is 4.04. The molecule has 2 aromatic rings. The zero-order chi connectivity index (χ0) is 15.4. The first-order valence-electron chi connectivity index (χ1n) is 5.78. The number of rotatable bonds is 4. The van der Waals surface area contributed by atoms with E-state index in [0.717, 1.165) is 4.47 Å². The summed E-state index contributed by atoms with van der Waals surface area (Å²) in [7, 11) is 0. The van der Waals surface area contributed by atoms with Crippen molar-refractivity contribution in [2.24, 2.45) is 0 Å². The van der Waals surface area contributed by atoms with Crippen LogP contribution in [0.1, 0.15) is 0 Å². The molecule has 2 aromatic carbocycles. The number of anilines is 1. The first-order chi connectivity index (χ1) is 9.95. The van der Waals surface area contributed by atoms with Crippen molar-refractivity contribution in [2.75, 3.05) is 11.9 Å². The maximum atomic E-state index is 13.5. The smallest absolute Gasteiger partial charge is 0.262 e. The third-order valence-corrected chi connectivity index (χ3v) is 3.80. The van der Waals surface area contributed by atoms with Crippen molar-refractivity contribution in [1.82, 2.24) is 0 Å². The van der Waals surface area contributed by atoms with Crippen molar-refractivity contribution in [3.63, 3.8) is 0 Å². The summed E-state index contributed by atoms with van der Waals surface area (Å²) >= 11 is 12.4. The minimum Gasteiger partial charge on any atom is -0.483 e. The van der Waals surface area contributed by atoms with Gasteiger partial charge >= 0.3 is 0 Å². The summed E-state index contributed by atoms with van der Waals surface area (Å²) in [6, 6.07) is 9.22. The van der Waals surface area contributed by atoms with Gasteiger partial charge in [-0.1, -0.05) is 27.5 Å². The van der Waals surface area contributed by atoms with Crippen LogP contribution >= 0.6 is 43.5 Å². The van der Waals surface area contributed by atoms with E-state index in [1.54, 1.807) is 18.2 Å². The summed E-state index contributed by atoms with van der Waals surface area (Å²) in [5.41, 5.74) is 0.0194. The first kappa shape index (κ1) is 16.3. The Balaban J connectivity index is 1.97. The van der Waals surface area contributed by atoms with Crippen LogP contribution in [0.15, 0.2) is 45.3 Å². The summed E-state index contributed by atoms with van der Waals surface area (Å²) in [6.45, 7) is -0.244. The zero-order valence-corrected chi connectivity index (χ0v) is 14.4. The molecule has 0 aliphatic rings. The van der Waals surface area contributed by atoms with Crippen molar-refractivity contribution in [2.45, 2.75) is 0 Å². The number of amides is 1. The van der Waals surface area contributed by atoms with E-state index >= 15 is 0 Å². The van der Waals surface area contributed by atoms with Gasteiger partial charge in [0.05, 0.1) is 10.2 Å². The van der Waals surface area contributed by atoms with Gasteiger partial charge in [-0.15, -0.1) is 0 Å². The number of hydrogen-bond donors (Lipinski definition) is 1. The van der Waals surface area contributed by atoms with Gasteiger partial charge < -0.3 is 10.1 Å². The monoisotopic (exact) mass is 435 g/mol. The molecule has 0 bridgehead atoms. The van der Waals surface area contributed by atoms with Gasteiger partial charge in [-0.25, -0.2) is 4.39 Å². The number of carbonyl (C=O) groups excluding carboxylic acids is 1. The summed E-state index contributed by atoms with van der Waals surface area (Å²) in [5, 5.41) is 2.74. The predicted molar refractivity (Wildman–Crippen MR) is 87.4 cm³/mol. The fourth-order valence-electron chi connectivity index (χ4n) is 1.52. The molecular formula is C14H9Br2ClFNO2. The molecule has 0 atom stereocenters. The molecule has 0 aliphatic heterocycles. The van der Waals surface area contributed by atoms with E-state index in [1.165, 1.54) is 18.2 Å². The minimum atomic E-state index is -0.558. The lowest BCUT2D eigenvalue weighted by molar-refractivity contribution is -0.118. The van der Waals surface area contributed by atoms with E-state index in [1.807, 2.05) is 0 Å². The van der Waals surface area contributed by atoms with Crippen LogP contribution in [0.25, 0.3) is 0 Å². The van der Waals surface area contributed by atoms with Crippen molar-refractivity contribution in [3.8, 4) is 5.75 Å². The maximum Gasteiger partial charge on any atom is 0.262 e. The molecule has 0 saturated carbocycles. The predicted octanol–water partition coefficient (Wildman–Crippen LogP) is 5.02. The molecule has 1 amide bonds. The zero-order valence-electron chi connectivity index (χ0n) is 10.5. The topological polar surface area (TPSA) is 38.3 Å². The van der Waals surface area contributed by atoms with Crippen molar-refractivity contribution >= 4 is 55.1 Å². The minimum absolute atomic E-state index is 0.0194. The third-order valence-electron chi connectivity index (χ3n) is 2.46. The van der Waals surface area contributed by atoms with Gasteiger partial charge in [0.15, 0.2) is 6.61 Å². The highest BCUT2D eigenvalue weighted by atomic mass is 79.9. The number of ether oxygens (including phenoxy) is 1. The molecule has 0 radical (unpaired) electrons. The second kappa shape index (κ2) is 7.24. The average Bonchev–Trinajstić information content (AvgIpc) is 2.42. The van der Waals surface area contributed by atoms with Crippen LogP contribution < -0.4 is 10.1 Å². The number of hydrogen-bond acceptors (Lipinski definition) is 2. The van der Waals surface area contributed by atoms with Crippen LogP contribution in [-0.4, -0.2) is 12.5 Å². The molecule has 21 heavy (non-hydrogen) atoms. The molecule has 2 rings (SSSR count). The van der Waals surface area contributed by atoms with Gasteiger partial charge in [-0.3, -0.25) is 4.79 Å². The molecule has 0 aliphatic carbocycles. The number of halogens is 4. The Morgan fingerprint density at radius 1 is 1.24 bits per heavy atom. The number of carbonyl (C=O) groups is 1. The third kappa shape index (κ3) is 4.69. The molecule has 3 nitrogen and oxygen atoms in total. The van der Waals surface area contributed by atoms with Crippen molar-refractivity contribution in [3.05, 3.63) is 56.2 Å². The molecule has 0 fully saturated rings. The summed E-state index contributed by atoms with van der Waals surface area (Å²) in [6.07, 6.45) is 0. The van der Waals surface area contributed by atoms with E-state index in [0.29, 0.717) is 15.2 Å². The second-order valence-corrected chi connectivity index (χ2v) is 6.24. The van der Waals surface area contributed by atoms with Gasteiger partial charge in [0.1, 0.15) is 11.6 Å². The first-order valence-corrected chi connectivity index (χ1v) is 7.75. The molecule has 1 N–H and O–H groups in total. The number of nitrogens with one attached hydrogen (secondary N) is 1. The molecule has 0 saturated heterocycles. The standard InChI is InChI=1S/C14H9Br2ClFNO2/c15-8-1-4-13(10(16)5-8)21-7-14(20)19-12-6-9(17)2-3-11(12)18/h1-6H,7H2,(H,19,20). The summed E-state index contributed by atoms with van der Waals surface area (Å²) in [4.78, 5) is 11.8. The highest BCUT2D eigenvalue weighted by Gasteiger charge is 2.09. The molecule has 0 spiro atoms. The Kier molecular flexibility index (Phi) is 5.61. The van der Waals surface area contributed by atoms with E-state index < -0.39 is 11.7 Å². The van der Waals surface area contributed by atoms with Crippen LogP contribution in [0.2, 0.25) is 5.02 Å². The maximum absolute atomic E-state index is 13.5. The molecular weight excluding hydrogens is 428 g/mol. The van der Waals surface area contributed by atoms with Crippen LogP contribution in [-0.2, 0) is 4.79 Å². The van der Waals surface area contributed by atoms with Gasteiger partial charge in [-0.05, 0) is 52.3 Å². The lowest BCUT2D eigenvalue weighted by Crippen LogP contribution is -2.20. The Hall–Kier alpha value is -1.11. The Bertz CT molecular complexity index is 682.